The molecular weight excluding hydrogens is 328 g/mol. The van der Waals surface area contributed by atoms with Gasteiger partial charge in [-0.25, -0.2) is 4.68 Å². The van der Waals surface area contributed by atoms with E-state index in [4.69, 9.17) is 0 Å². The number of aromatic amines is 1. The predicted molar refractivity (Wildman–Crippen MR) is 101 cm³/mol. The number of hydrogen-bond acceptors (Lipinski definition) is 3. The number of rotatable bonds is 5. The van der Waals surface area contributed by atoms with Gasteiger partial charge in [0.2, 0.25) is 0 Å². The van der Waals surface area contributed by atoms with Gasteiger partial charge in [0, 0.05) is 31.7 Å². The molecule has 0 aliphatic heterocycles. The lowest BCUT2D eigenvalue weighted by Crippen LogP contribution is -2.31. The number of aromatic nitrogens is 3. The fourth-order valence-corrected chi connectivity index (χ4v) is 2.72. The van der Waals surface area contributed by atoms with Gasteiger partial charge < -0.3 is 9.88 Å². The highest BCUT2D eigenvalue weighted by Gasteiger charge is 2.16. The molecule has 26 heavy (non-hydrogen) atoms. The Morgan fingerprint density at radius 3 is 2.50 bits per heavy atom. The van der Waals surface area contributed by atoms with Gasteiger partial charge in [0.1, 0.15) is 5.56 Å². The van der Waals surface area contributed by atoms with Crippen LogP contribution in [-0.4, -0.2) is 32.6 Å². The third kappa shape index (κ3) is 3.74. The molecule has 2 heterocycles. The molecule has 1 aromatic carbocycles. The summed E-state index contributed by atoms with van der Waals surface area (Å²) in [7, 11) is 1.69. The summed E-state index contributed by atoms with van der Waals surface area (Å²) >= 11 is 0. The van der Waals surface area contributed by atoms with Crippen LogP contribution in [0.2, 0.25) is 0 Å². The first-order valence-corrected chi connectivity index (χ1v) is 8.53. The zero-order chi connectivity index (χ0) is 18.7. The maximum Gasteiger partial charge on any atom is 0.261 e. The van der Waals surface area contributed by atoms with Gasteiger partial charge in [0.15, 0.2) is 0 Å². The molecule has 0 fully saturated rings. The lowest BCUT2D eigenvalue weighted by atomic mass is 10.1. The van der Waals surface area contributed by atoms with Gasteiger partial charge in [-0.3, -0.25) is 9.59 Å². The van der Waals surface area contributed by atoms with Crippen molar-refractivity contribution in [2.75, 3.05) is 7.05 Å². The summed E-state index contributed by atoms with van der Waals surface area (Å²) in [6.07, 6.45) is 3.60. The molecule has 0 bridgehead atoms. The molecule has 6 nitrogen and oxygen atoms in total. The SMILES string of the molecule is CC(C)c1ccc(C(=O)N(C)Cc2ccc(-n3cccn3)cc2)c(=O)[nH]1. The topological polar surface area (TPSA) is 71.0 Å². The first-order valence-electron chi connectivity index (χ1n) is 8.53. The molecule has 0 aliphatic rings. The summed E-state index contributed by atoms with van der Waals surface area (Å²) in [5.74, 6) is -0.0874. The minimum atomic E-state index is -0.345. The van der Waals surface area contributed by atoms with E-state index in [-0.39, 0.29) is 22.9 Å². The Bertz CT molecular complexity index is 941. The van der Waals surface area contributed by atoms with Crippen molar-refractivity contribution < 1.29 is 4.79 Å². The molecule has 3 aromatic rings. The second-order valence-corrected chi connectivity index (χ2v) is 6.59. The van der Waals surface area contributed by atoms with Crippen molar-refractivity contribution in [3.8, 4) is 5.69 Å². The largest absolute Gasteiger partial charge is 0.337 e. The number of nitrogens with zero attached hydrogens (tertiary/aromatic N) is 3. The Kier molecular flexibility index (Phi) is 5.02. The monoisotopic (exact) mass is 350 g/mol. The Morgan fingerprint density at radius 1 is 1.19 bits per heavy atom. The van der Waals surface area contributed by atoms with E-state index in [1.165, 1.54) is 0 Å². The van der Waals surface area contributed by atoms with Crippen LogP contribution in [0.15, 0.2) is 59.7 Å². The van der Waals surface area contributed by atoms with E-state index in [2.05, 4.69) is 10.1 Å². The Labute approximate surface area is 152 Å². The highest BCUT2D eigenvalue weighted by molar-refractivity contribution is 5.93. The number of hydrogen-bond donors (Lipinski definition) is 1. The van der Waals surface area contributed by atoms with Crippen LogP contribution in [0.5, 0.6) is 0 Å². The van der Waals surface area contributed by atoms with Gasteiger partial charge in [0.25, 0.3) is 11.5 Å². The van der Waals surface area contributed by atoms with E-state index >= 15 is 0 Å². The van der Waals surface area contributed by atoms with Crippen LogP contribution in [0.3, 0.4) is 0 Å². The van der Waals surface area contributed by atoms with Crippen LogP contribution in [0.4, 0.5) is 0 Å². The molecule has 1 amide bonds. The normalized spacial score (nSPS) is 10.9. The van der Waals surface area contributed by atoms with E-state index < -0.39 is 0 Å². The number of carbonyl (C=O) groups is 1. The molecule has 6 heteroatoms. The van der Waals surface area contributed by atoms with Gasteiger partial charge in [-0.2, -0.15) is 5.10 Å². The van der Waals surface area contributed by atoms with Crippen LogP contribution >= 0.6 is 0 Å². The summed E-state index contributed by atoms with van der Waals surface area (Å²) in [5, 5.41) is 4.19. The smallest absolute Gasteiger partial charge is 0.261 e. The second kappa shape index (κ2) is 7.39. The standard InChI is InChI=1S/C20H22N4O2/c1-14(2)18-10-9-17(19(25)22-18)20(26)23(3)13-15-5-7-16(8-6-15)24-12-4-11-21-24/h4-12,14H,13H2,1-3H3,(H,22,25). The Balaban J connectivity index is 1.72. The van der Waals surface area contributed by atoms with Crippen LogP contribution < -0.4 is 5.56 Å². The van der Waals surface area contributed by atoms with E-state index in [1.54, 1.807) is 35.0 Å². The van der Waals surface area contributed by atoms with E-state index in [9.17, 15) is 9.59 Å². The van der Waals surface area contributed by atoms with E-state index in [0.717, 1.165) is 16.9 Å². The molecule has 134 valence electrons. The third-order valence-corrected chi connectivity index (χ3v) is 4.26. The van der Waals surface area contributed by atoms with Gasteiger partial charge >= 0.3 is 0 Å². The van der Waals surface area contributed by atoms with Crippen molar-refractivity contribution in [1.82, 2.24) is 19.7 Å². The van der Waals surface area contributed by atoms with Crippen molar-refractivity contribution in [2.45, 2.75) is 26.3 Å². The van der Waals surface area contributed by atoms with Crippen molar-refractivity contribution >= 4 is 5.91 Å². The van der Waals surface area contributed by atoms with E-state index in [0.29, 0.717) is 6.54 Å². The average Bonchev–Trinajstić information content (AvgIpc) is 3.16. The Hall–Kier alpha value is -3.15. The second-order valence-electron chi connectivity index (χ2n) is 6.59. The summed E-state index contributed by atoms with van der Waals surface area (Å²) in [4.78, 5) is 29.1. The first kappa shape index (κ1) is 17.7. The minimum absolute atomic E-state index is 0.157. The number of pyridine rings is 1. The fraction of sp³-hybridized carbons (Fsp3) is 0.250. The quantitative estimate of drug-likeness (QED) is 0.769. The summed E-state index contributed by atoms with van der Waals surface area (Å²) in [6.45, 7) is 4.40. The zero-order valence-electron chi connectivity index (χ0n) is 15.1. The van der Waals surface area contributed by atoms with Gasteiger partial charge in [0.05, 0.1) is 5.69 Å². The van der Waals surface area contributed by atoms with Crippen LogP contribution in [0.25, 0.3) is 5.69 Å². The average molecular weight is 350 g/mol. The lowest BCUT2D eigenvalue weighted by Gasteiger charge is -2.17. The van der Waals surface area contributed by atoms with Crippen LogP contribution in [0, 0.1) is 0 Å². The number of nitrogens with one attached hydrogen (secondary N) is 1. The number of amides is 1. The zero-order valence-corrected chi connectivity index (χ0v) is 15.1. The molecule has 0 unspecified atom stereocenters. The summed E-state index contributed by atoms with van der Waals surface area (Å²) < 4.78 is 1.77. The molecular formula is C20H22N4O2. The van der Waals surface area contributed by atoms with Crippen molar-refractivity contribution in [1.29, 1.82) is 0 Å². The molecule has 2 aromatic heterocycles. The lowest BCUT2D eigenvalue weighted by molar-refractivity contribution is 0.0783. The molecule has 0 saturated carbocycles. The maximum absolute atomic E-state index is 12.6. The Morgan fingerprint density at radius 2 is 1.92 bits per heavy atom. The van der Waals surface area contributed by atoms with Gasteiger partial charge in [-0.05, 0) is 41.8 Å². The van der Waals surface area contributed by atoms with Crippen molar-refractivity contribution in [3.05, 3.63) is 82.0 Å². The first-order chi connectivity index (χ1) is 12.5. The van der Waals surface area contributed by atoms with Gasteiger partial charge in [-0.1, -0.05) is 26.0 Å². The van der Waals surface area contributed by atoms with Crippen molar-refractivity contribution in [2.24, 2.45) is 0 Å². The third-order valence-electron chi connectivity index (χ3n) is 4.26. The molecule has 0 spiro atoms. The summed E-state index contributed by atoms with van der Waals surface area (Å²) in [5.41, 5.74) is 2.57. The molecule has 0 atom stereocenters. The fourth-order valence-electron chi connectivity index (χ4n) is 2.72. The number of H-pyrrole nitrogens is 1. The molecule has 0 saturated heterocycles. The number of carbonyl (C=O) groups excluding carboxylic acids is 1. The minimum Gasteiger partial charge on any atom is -0.337 e. The predicted octanol–water partition coefficient (Wildman–Crippen LogP) is 2.96. The van der Waals surface area contributed by atoms with Crippen LogP contribution in [0.1, 0.15) is 41.4 Å². The van der Waals surface area contributed by atoms with Crippen molar-refractivity contribution in [3.63, 3.8) is 0 Å². The summed E-state index contributed by atoms with van der Waals surface area (Å²) in [6, 6.07) is 13.1. The van der Waals surface area contributed by atoms with Crippen LogP contribution in [-0.2, 0) is 6.54 Å². The maximum atomic E-state index is 12.6. The highest BCUT2D eigenvalue weighted by Crippen LogP contribution is 2.13. The molecule has 1 N–H and O–H groups in total. The molecule has 0 aliphatic carbocycles. The van der Waals surface area contributed by atoms with E-state index in [1.807, 2.05) is 50.4 Å². The number of benzene rings is 1. The highest BCUT2D eigenvalue weighted by atomic mass is 16.2. The molecule has 3 rings (SSSR count). The van der Waals surface area contributed by atoms with Gasteiger partial charge in [-0.15, -0.1) is 0 Å². The molecule has 0 radical (unpaired) electrons.